The van der Waals surface area contributed by atoms with Crippen molar-refractivity contribution < 1.29 is 23.2 Å². The van der Waals surface area contributed by atoms with Gasteiger partial charge in [0.15, 0.2) is 6.10 Å². The van der Waals surface area contributed by atoms with Crippen LogP contribution in [0.1, 0.15) is 73.2 Å². The molecule has 0 bridgehead atoms. The van der Waals surface area contributed by atoms with E-state index in [-0.39, 0.29) is 36.3 Å². The topological polar surface area (TPSA) is 75.1 Å². The lowest BCUT2D eigenvalue weighted by Crippen LogP contribution is -2.45. The van der Waals surface area contributed by atoms with E-state index < -0.39 is 17.7 Å². The number of likely N-dealkylation sites (tertiary alicyclic amines) is 2. The van der Waals surface area contributed by atoms with Gasteiger partial charge in [0.1, 0.15) is 17.3 Å². The largest absolute Gasteiger partial charge is 0.387 e. The smallest absolute Gasteiger partial charge is 0.242 e. The van der Waals surface area contributed by atoms with E-state index in [2.05, 4.69) is 5.16 Å². The summed E-state index contributed by atoms with van der Waals surface area (Å²) in [6.45, 7) is 2.12. The molecule has 2 amide bonds. The van der Waals surface area contributed by atoms with Crippen LogP contribution in [0.4, 0.5) is 8.78 Å². The van der Waals surface area contributed by atoms with E-state index in [1.54, 1.807) is 4.90 Å². The van der Waals surface area contributed by atoms with E-state index >= 15 is 0 Å². The van der Waals surface area contributed by atoms with Crippen LogP contribution in [0.3, 0.4) is 0 Å². The van der Waals surface area contributed by atoms with E-state index in [0.717, 1.165) is 37.1 Å². The van der Waals surface area contributed by atoms with E-state index in [1.807, 2.05) is 10.3 Å². The molecular weight excluding hydrogens is 474 g/mol. The van der Waals surface area contributed by atoms with Crippen molar-refractivity contribution in [2.75, 3.05) is 26.2 Å². The summed E-state index contributed by atoms with van der Waals surface area (Å²) in [5.74, 6) is -0.957. The Morgan fingerprint density at radius 1 is 1.11 bits per heavy atom. The molecule has 2 saturated heterocycles. The minimum Gasteiger partial charge on any atom is -0.387 e. The van der Waals surface area contributed by atoms with Gasteiger partial charge in [-0.3, -0.25) is 9.59 Å². The highest BCUT2D eigenvalue weighted by Crippen LogP contribution is 2.35. The molecule has 5 rings (SSSR count). The quantitative estimate of drug-likeness (QED) is 0.608. The summed E-state index contributed by atoms with van der Waals surface area (Å²) in [6, 6.07) is 3.75. The van der Waals surface area contributed by atoms with Crippen LogP contribution in [-0.2, 0) is 14.4 Å². The normalized spacial score (nSPS) is 21.6. The van der Waals surface area contributed by atoms with Gasteiger partial charge in [0.2, 0.25) is 11.8 Å². The number of thiazole rings is 1. The number of halogens is 2. The van der Waals surface area contributed by atoms with Gasteiger partial charge >= 0.3 is 0 Å². The Hall–Kier alpha value is -2.88. The van der Waals surface area contributed by atoms with Crippen LogP contribution in [-0.4, -0.2) is 58.5 Å². The Balaban J connectivity index is 1.15. The Morgan fingerprint density at radius 2 is 1.89 bits per heavy atom. The number of amides is 2. The average Bonchev–Trinajstić information content (AvgIpc) is 3.49. The number of carbonyl (C=O) groups is 2. The van der Waals surface area contributed by atoms with Gasteiger partial charge in [-0.15, -0.1) is 11.3 Å². The van der Waals surface area contributed by atoms with Crippen LogP contribution in [0.25, 0.3) is 0 Å². The molecule has 0 aliphatic carbocycles. The van der Waals surface area contributed by atoms with Crippen molar-refractivity contribution in [3.05, 3.63) is 51.5 Å². The molecule has 0 radical (unpaired) electrons. The summed E-state index contributed by atoms with van der Waals surface area (Å²) in [5, 5.41) is 6.92. The predicted molar refractivity (Wildman–Crippen MR) is 127 cm³/mol. The Bertz CT molecular complexity index is 1110. The highest BCUT2D eigenvalue weighted by molar-refractivity contribution is 7.10. The van der Waals surface area contributed by atoms with Crippen molar-refractivity contribution in [3.63, 3.8) is 0 Å². The number of carbonyl (C=O) groups excluding carboxylic acids is 2. The molecule has 0 saturated carbocycles. The van der Waals surface area contributed by atoms with Gasteiger partial charge < -0.3 is 14.6 Å². The molecule has 0 unspecified atom stereocenters. The fourth-order valence-corrected chi connectivity index (χ4v) is 5.95. The minimum atomic E-state index is -0.804. The number of piperidine rings is 1. The van der Waals surface area contributed by atoms with E-state index in [0.29, 0.717) is 37.5 Å². The van der Waals surface area contributed by atoms with Crippen molar-refractivity contribution in [2.24, 2.45) is 5.16 Å². The lowest BCUT2D eigenvalue weighted by molar-refractivity contribution is -0.140. The molecule has 186 valence electrons. The monoisotopic (exact) mass is 502 g/mol. The number of hydrogen-bond acceptors (Lipinski definition) is 6. The first kappa shape index (κ1) is 23.8. The van der Waals surface area contributed by atoms with Gasteiger partial charge in [0.05, 0.1) is 22.8 Å². The van der Waals surface area contributed by atoms with E-state index in [1.165, 1.54) is 29.5 Å². The summed E-state index contributed by atoms with van der Waals surface area (Å²) in [4.78, 5) is 38.6. The van der Waals surface area contributed by atoms with E-state index in [4.69, 9.17) is 9.82 Å². The predicted octanol–water partition coefficient (Wildman–Crippen LogP) is 4.40. The minimum absolute atomic E-state index is 0.0161. The van der Waals surface area contributed by atoms with Crippen molar-refractivity contribution in [1.82, 2.24) is 14.8 Å². The van der Waals surface area contributed by atoms with Gasteiger partial charge in [-0.25, -0.2) is 13.8 Å². The molecular formula is C25H28F2N4O3S. The third-order valence-corrected chi connectivity index (χ3v) is 8.01. The summed E-state index contributed by atoms with van der Waals surface area (Å²) < 4.78 is 28.2. The molecule has 0 N–H and O–H groups in total. The average molecular weight is 503 g/mol. The molecule has 1 aromatic heterocycles. The number of rotatable bonds is 5. The fourth-order valence-electron chi connectivity index (χ4n) is 4.95. The van der Waals surface area contributed by atoms with Crippen LogP contribution < -0.4 is 0 Å². The van der Waals surface area contributed by atoms with Crippen molar-refractivity contribution >= 4 is 28.9 Å². The first-order valence-corrected chi connectivity index (χ1v) is 13.1. The highest BCUT2D eigenvalue weighted by Gasteiger charge is 2.32. The zero-order valence-corrected chi connectivity index (χ0v) is 20.2. The summed E-state index contributed by atoms with van der Waals surface area (Å²) in [6.07, 6.45) is 4.50. The Kier molecular flexibility index (Phi) is 7.08. The molecule has 1 atom stereocenters. The van der Waals surface area contributed by atoms with Crippen LogP contribution in [0, 0.1) is 11.6 Å². The second-order valence-electron chi connectivity index (χ2n) is 9.32. The van der Waals surface area contributed by atoms with E-state index in [9.17, 15) is 18.4 Å². The van der Waals surface area contributed by atoms with Crippen molar-refractivity contribution in [3.8, 4) is 0 Å². The maximum atomic E-state index is 14.1. The van der Waals surface area contributed by atoms with Gasteiger partial charge in [-0.05, 0) is 37.8 Å². The number of benzene rings is 1. The van der Waals surface area contributed by atoms with Gasteiger partial charge in [-0.2, -0.15) is 0 Å². The Morgan fingerprint density at radius 3 is 2.66 bits per heavy atom. The zero-order valence-electron chi connectivity index (χ0n) is 19.4. The van der Waals surface area contributed by atoms with Gasteiger partial charge in [0.25, 0.3) is 0 Å². The number of aromatic nitrogens is 1. The third-order valence-electron chi connectivity index (χ3n) is 7.00. The molecule has 10 heteroatoms. The second-order valence-corrected chi connectivity index (χ2v) is 10.2. The molecule has 3 aliphatic rings. The molecule has 35 heavy (non-hydrogen) atoms. The van der Waals surface area contributed by atoms with Crippen molar-refractivity contribution in [1.29, 1.82) is 0 Å². The van der Waals surface area contributed by atoms with Crippen LogP contribution in [0.2, 0.25) is 0 Å². The SMILES string of the molecule is O=C(CN1CCCCCC1=O)N1CCC(c2nc(C3=NO[C@@H](c4c(F)cccc4F)C3)cs2)CC1. The maximum absolute atomic E-state index is 14.1. The van der Waals surface area contributed by atoms with Crippen LogP contribution in [0.15, 0.2) is 28.7 Å². The first-order chi connectivity index (χ1) is 17.0. The first-order valence-electron chi connectivity index (χ1n) is 12.2. The molecule has 2 aromatic rings. The summed E-state index contributed by atoms with van der Waals surface area (Å²) in [5.41, 5.74) is 1.14. The molecule has 7 nitrogen and oxygen atoms in total. The maximum Gasteiger partial charge on any atom is 0.242 e. The molecule has 0 spiro atoms. The number of oxime groups is 1. The van der Waals surface area contributed by atoms with Crippen molar-refractivity contribution in [2.45, 2.75) is 57.0 Å². The number of nitrogens with zero attached hydrogens (tertiary/aromatic N) is 4. The second kappa shape index (κ2) is 10.4. The van der Waals surface area contributed by atoms with Crippen LogP contribution in [0.5, 0.6) is 0 Å². The molecule has 1 aromatic carbocycles. The lowest BCUT2D eigenvalue weighted by atomic mass is 9.97. The fraction of sp³-hybridized carbons (Fsp3) is 0.520. The highest BCUT2D eigenvalue weighted by atomic mass is 32.1. The summed E-state index contributed by atoms with van der Waals surface area (Å²) in [7, 11) is 0. The molecule has 4 heterocycles. The van der Waals surface area contributed by atoms with Crippen LogP contribution >= 0.6 is 11.3 Å². The molecule has 2 fully saturated rings. The molecule has 3 aliphatic heterocycles. The standard InChI is InChI=1S/C25H28F2N4O3S/c26-17-5-4-6-18(27)24(17)21-13-19(29-34-21)20-15-35-25(28-20)16-8-11-30(12-9-16)23(33)14-31-10-3-1-2-7-22(31)32/h4-6,15-16,21H,1-3,7-14H2/t21-/m1/s1. The third kappa shape index (κ3) is 5.22. The Labute approximate surface area is 206 Å². The van der Waals surface area contributed by atoms with Gasteiger partial charge in [-0.1, -0.05) is 17.6 Å². The number of hydrogen-bond donors (Lipinski definition) is 0. The lowest BCUT2D eigenvalue weighted by Gasteiger charge is -2.32. The zero-order chi connectivity index (χ0) is 24.4. The van der Waals surface area contributed by atoms with Gasteiger partial charge in [0, 0.05) is 43.8 Å². The summed E-state index contributed by atoms with van der Waals surface area (Å²) >= 11 is 1.53.